The Morgan fingerprint density at radius 1 is 1.41 bits per heavy atom. The van der Waals surface area contributed by atoms with Gasteiger partial charge >= 0.3 is 6.03 Å². The highest BCUT2D eigenvalue weighted by molar-refractivity contribution is 5.90. The summed E-state index contributed by atoms with van der Waals surface area (Å²) in [7, 11) is 1.69. The molecule has 0 bridgehead atoms. The molecule has 3 N–H and O–H groups in total. The Labute approximate surface area is 159 Å². The fourth-order valence-electron chi connectivity index (χ4n) is 3.26. The summed E-state index contributed by atoms with van der Waals surface area (Å²) in [6.45, 7) is 7.91. The van der Waals surface area contributed by atoms with Crippen LogP contribution in [-0.2, 0) is 11.2 Å². The molecule has 2 amide bonds. The lowest BCUT2D eigenvalue weighted by Crippen LogP contribution is -2.45. The van der Waals surface area contributed by atoms with Gasteiger partial charge in [0.25, 0.3) is 0 Å². The first-order valence-electron chi connectivity index (χ1n) is 9.36. The average Bonchev–Trinajstić information content (AvgIpc) is 3.28. The predicted molar refractivity (Wildman–Crippen MR) is 105 cm³/mol. The van der Waals surface area contributed by atoms with Crippen LogP contribution in [-0.4, -0.2) is 64.5 Å². The molecule has 1 aliphatic rings. The van der Waals surface area contributed by atoms with Crippen molar-refractivity contribution < 1.29 is 9.53 Å². The van der Waals surface area contributed by atoms with Gasteiger partial charge in [-0.05, 0) is 26.0 Å². The third kappa shape index (κ3) is 4.64. The van der Waals surface area contributed by atoms with Gasteiger partial charge in [-0.15, -0.1) is 0 Å². The molecule has 1 aromatic heterocycles. The number of urea groups is 1. The molecule has 1 aliphatic heterocycles. The number of methoxy groups -OCH3 is 1. The number of aromatic amines is 1. The Morgan fingerprint density at radius 3 is 2.89 bits per heavy atom. The highest BCUT2D eigenvalue weighted by Crippen LogP contribution is 2.20. The number of nitrogens with one attached hydrogen (secondary N) is 3. The van der Waals surface area contributed by atoms with Crippen molar-refractivity contribution >= 4 is 11.7 Å². The Bertz CT molecular complexity index is 775. The fourth-order valence-corrected chi connectivity index (χ4v) is 3.26. The van der Waals surface area contributed by atoms with Crippen molar-refractivity contribution in [2.45, 2.75) is 45.4 Å². The molecule has 1 fully saturated rings. The molecule has 146 valence electrons. The monoisotopic (exact) mass is 372 g/mol. The van der Waals surface area contributed by atoms with Gasteiger partial charge in [-0.3, -0.25) is 10.00 Å². The summed E-state index contributed by atoms with van der Waals surface area (Å²) >= 11 is 0. The van der Waals surface area contributed by atoms with Crippen molar-refractivity contribution in [3.05, 3.63) is 30.1 Å². The van der Waals surface area contributed by atoms with E-state index < -0.39 is 0 Å². The van der Waals surface area contributed by atoms with Crippen LogP contribution in [0.1, 0.15) is 26.6 Å². The topological polar surface area (TPSA) is 95.2 Å². The first-order chi connectivity index (χ1) is 13.0. The SMILES string of the molecule is CCc1nc(-c2cccc(NC(=O)NC3CN(C(C)C)CC3OC)c2)n[nH]1. The standard InChI is InChI=1S/C19H28N6O2/c1-5-17-22-18(24-23-17)13-7-6-8-14(9-13)20-19(26)21-15-10-25(12(2)3)11-16(15)27-4/h6-9,12,15-16H,5,10-11H2,1-4H3,(H2,20,21,26)(H,22,23,24). The van der Waals surface area contributed by atoms with Gasteiger partial charge in [0.1, 0.15) is 5.82 Å². The number of likely N-dealkylation sites (tertiary alicyclic amines) is 1. The van der Waals surface area contributed by atoms with E-state index in [1.54, 1.807) is 7.11 Å². The number of nitrogens with zero attached hydrogens (tertiary/aromatic N) is 3. The molecule has 8 nitrogen and oxygen atoms in total. The lowest BCUT2D eigenvalue weighted by molar-refractivity contribution is 0.0896. The lowest BCUT2D eigenvalue weighted by atomic mass is 10.2. The quantitative estimate of drug-likeness (QED) is 0.723. The van der Waals surface area contributed by atoms with Crippen LogP contribution in [0.5, 0.6) is 0 Å². The molecule has 0 spiro atoms. The number of hydrogen-bond donors (Lipinski definition) is 3. The minimum atomic E-state index is -0.242. The maximum atomic E-state index is 12.5. The second-order valence-electron chi connectivity index (χ2n) is 7.07. The number of benzene rings is 1. The third-order valence-electron chi connectivity index (χ3n) is 4.89. The maximum absolute atomic E-state index is 12.5. The molecule has 2 atom stereocenters. The minimum absolute atomic E-state index is 0.00907. The van der Waals surface area contributed by atoms with E-state index in [0.717, 1.165) is 30.9 Å². The lowest BCUT2D eigenvalue weighted by Gasteiger charge is -2.20. The molecule has 1 saturated heterocycles. The number of aromatic nitrogens is 3. The second kappa shape index (κ2) is 8.49. The number of anilines is 1. The number of H-pyrrole nitrogens is 1. The normalized spacial score (nSPS) is 20.2. The van der Waals surface area contributed by atoms with Gasteiger partial charge in [0, 0.05) is 43.9 Å². The van der Waals surface area contributed by atoms with Crippen LogP contribution in [0.15, 0.2) is 24.3 Å². The average molecular weight is 372 g/mol. The minimum Gasteiger partial charge on any atom is -0.378 e. The van der Waals surface area contributed by atoms with E-state index in [2.05, 4.69) is 44.6 Å². The molecule has 27 heavy (non-hydrogen) atoms. The summed E-state index contributed by atoms with van der Waals surface area (Å²) < 4.78 is 5.54. The van der Waals surface area contributed by atoms with E-state index in [4.69, 9.17) is 4.74 Å². The smallest absolute Gasteiger partial charge is 0.319 e. The maximum Gasteiger partial charge on any atom is 0.319 e. The molecule has 2 heterocycles. The van der Waals surface area contributed by atoms with Crippen molar-refractivity contribution in [2.75, 3.05) is 25.5 Å². The predicted octanol–water partition coefficient (Wildman–Crippen LogP) is 2.26. The largest absolute Gasteiger partial charge is 0.378 e. The van der Waals surface area contributed by atoms with Gasteiger partial charge in [-0.25, -0.2) is 9.78 Å². The Hall–Kier alpha value is -2.45. The molecule has 0 radical (unpaired) electrons. The van der Waals surface area contributed by atoms with Crippen LogP contribution in [0.3, 0.4) is 0 Å². The van der Waals surface area contributed by atoms with E-state index in [0.29, 0.717) is 17.6 Å². The van der Waals surface area contributed by atoms with Crippen LogP contribution >= 0.6 is 0 Å². The third-order valence-corrected chi connectivity index (χ3v) is 4.89. The summed E-state index contributed by atoms with van der Waals surface area (Å²) in [5.41, 5.74) is 1.55. The van der Waals surface area contributed by atoms with Crippen molar-refractivity contribution in [2.24, 2.45) is 0 Å². The van der Waals surface area contributed by atoms with Crippen LogP contribution in [0.25, 0.3) is 11.4 Å². The zero-order valence-corrected chi connectivity index (χ0v) is 16.3. The number of ether oxygens (including phenoxy) is 1. The second-order valence-corrected chi connectivity index (χ2v) is 7.07. The molecule has 0 aliphatic carbocycles. The number of aryl methyl sites for hydroxylation is 1. The molecule has 3 rings (SSSR count). The number of carbonyl (C=O) groups excluding carboxylic acids is 1. The van der Waals surface area contributed by atoms with Crippen molar-refractivity contribution in [1.29, 1.82) is 0 Å². The van der Waals surface area contributed by atoms with Gasteiger partial charge in [0.2, 0.25) is 0 Å². The van der Waals surface area contributed by atoms with Crippen LogP contribution in [0.4, 0.5) is 10.5 Å². The molecule has 0 saturated carbocycles. The van der Waals surface area contributed by atoms with Gasteiger partial charge in [-0.2, -0.15) is 5.10 Å². The molecular weight excluding hydrogens is 344 g/mol. The molecule has 8 heteroatoms. The van der Waals surface area contributed by atoms with Crippen LogP contribution < -0.4 is 10.6 Å². The van der Waals surface area contributed by atoms with Gasteiger partial charge in [0.05, 0.1) is 12.1 Å². The summed E-state index contributed by atoms with van der Waals surface area (Å²) in [6, 6.07) is 7.65. The van der Waals surface area contributed by atoms with Crippen molar-refractivity contribution in [3.63, 3.8) is 0 Å². The number of rotatable bonds is 6. The van der Waals surface area contributed by atoms with E-state index in [1.807, 2.05) is 31.2 Å². The molecule has 2 unspecified atom stereocenters. The Balaban J connectivity index is 1.63. The fraction of sp³-hybridized carbons (Fsp3) is 0.526. The molecule has 1 aromatic carbocycles. The van der Waals surface area contributed by atoms with E-state index in [1.165, 1.54) is 0 Å². The van der Waals surface area contributed by atoms with Crippen molar-refractivity contribution in [3.8, 4) is 11.4 Å². The summed E-state index contributed by atoms with van der Waals surface area (Å²) in [6.07, 6.45) is 0.785. The zero-order chi connectivity index (χ0) is 19.4. The van der Waals surface area contributed by atoms with Crippen LogP contribution in [0.2, 0.25) is 0 Å². The van der Waals surface area contributed by atoms with Crippen LogP contribution in [0, 0.1) is 0 Å². The highest BCUT2D eigenvalue weighted by atomic mass is 16.5. The number of carbonyl (C=O) groups is 1. The Morgan fingerprint density at radius 2 is 2.22 bits per heavy atom. The Kier molecular flexibility index (Phi) is 6.08. The van der Waals surface area contributed by atoms with Crippen molar-refractivity contribution in [1.82, 2.24) is 25.4 Å². The first kappa shape index (κ1) is 19.3. The summed E-state index contributed by atoms with van der Waals surface area (Å²) in [5.74, 6) is 1.46. The van der Waals surface area contributed by atoms with Gasteiger partial charge in [-0.1, -0.05) is 19.1 Å². The summed E-state index contributed by atoms with van der Waals surface area (Å²) in [4.78, 5) is 19.2. The van der Waals surface area contributed by atoms with Gasteiger partial charge in [0.15, 0.2) is 5.82 Å². The molecular formula is C19H28N6O2. The van der Waals surface area contributed by atoms with E-state index in [-0.39, 0.29) is 18.2 Å². The summed E-state index contributed by atoms with van der Waals surface area (Å²) in [5, 5.41) is 13.1. The zero-order valence-electron chi connectivity index (χ0n) is 16.3. The van der Waals surface area contributed by atoms with E-state index in [9.17, 15) is 4.79 Å². The number of amides is 2. The molecule has 2 aromatic rings. The van der Waals surface area contributed by atoms with Gasteiger partial charge < -0.3 is 15.4 Å². The highest BCUT2D eigenvalue weighted by Gasteiger charge is 2.34. The first-order valence-corrected chi connectivity index (χ1v) is 9.36. The number of hydrogen-bond acceptors (Lipinski definition) is 5. The van der Waals surface area contributed by atoms with E-state index >= 15 is 0 Å².